The Morgan fingerprint density at radius 3 is 2.81 bits per heavy atom. The van der Waals surface area contributed by atoms with Crippen LogP contribution in [0.3, 0.4) is 0 Å². The van der Waals surface area contributed by atoms with Gasteiger partial charge in [0.15, 0.2) is 5.82 Å². The molecule has 2 N–H and O–H groups in total. The molecule has 21 heavy (non-hydrogen) atoms. The highest BCUT2D eigenvalue weighted by atomic mass is 16.6. The van der Waals surface area contributed by atoms with Crippen LogP contribution in [0.1, 0.15) is 11.4 Å². The second kappa shape index (κ2) is 6.14. The Kier molecular flexibility index (Phi) is 4.29. The standard InChI is InChI=1S/C13H14N4O4/c1-8-4-3-5-9(13(8)17(18)19)21-12-6-10(14)15-11(16-12)7-20-2/h3-6H,7H2,1-2H3,(H2,14,15,16). The fourth-order valence-electron chi connectivity index (χ4n) is 1.80. The number of hydrogen-bond acceptors (Lipinski definition) is 7. The second-order valence-electron chi connectivity index (χ2n) is 4.26. The molecule has 1 aromatic carbocycles. The van der Waals surface area contributed by atoms with Crippen LogP contribution in [-0.2, 0) is 11.3 Å². The predicted octanol–water partition coefficient (Wildman–Crippen LogP) is 2.21. The summed E-state index contributed by atoms with van der Waals surface area (Å²) in [5.41, 5.74) is 6.04. The molecule has 8 nitrogen and oxygen atoms in total. The van der Waals surface area contributed by atoms with E-state index < -0.39 is 4.92 Å². The van der Waals surface area contributed by atoms with Gasteiger partial charge in [0.05, 0.1) is 4.92 Å². The minimum atomic E-state index is -0.495. The molecule has 0 aliphatic rings. The number of para-hydroxylation sites is 1. The summed E-state index contributed by atoms with van der Waals surface area (Å²) in [6.45, 7) is 1.80. The van der Waals surface area contributed by atoms with E-state index >= 15 is 0 Å². The van der Waals surface area contributed by atoms with Crippen molar-refractivity contribution in [3.05, 3.63) is 45.8 Å². The molecule has 0 radical (unpaired) electrons. The van der Waals surface area contributed by atoms with Crippen molar-refractivity contribution in [1.82, 2.24) is 9.97 Å². The molecule has 0 atom stereocenters. The second-order valence-corrected chi connectivity index (χ2v) is 4.26. The van der Waals surface area contributed by atoms with Gasteiger partial charge in [0.2, 0.25) is 11.6 Å². The van der Waals surface area contributed by atoms with Crippen molar-refractivity contribution in [2.75, 3.05) is 12.8 Å². The van der Waals surface area contributed by atoms with Crippen LogP contribution in [0.15, 0.2) is 24.3 Å². The highest BCUT2D eigenvalue weighted by Crippen LogP contribution is 2.33. The maximum atomic E-state index is 11.1. The lowest BCUT2D eigenvalue weighted by Crippen LogP contribution is -2.03. The molecule has 8 heteroatoms. The van der Waals surface area contributed by atoms with Crippen molar-refractivity contribution in [2.45, 2.75) is 13.5 Å². The van der Waals surface area contributed by atoms with E-state index in [1.54, 1.807) is 19.1 Å². The molecule has 2 aromatic rings. The van der Waals surface area contributed by atoms with E-state index in [9.17, 15) is 10.1 Å². The molecule has 0 unspecified atom stereocenters. The largest absolute Gasteiger partial charge is 0.432 e. The molecule has 1 aromatic heterocycles. The van der Waals surface area contributed by atoms with Crippen LogP contribution in [-0.4, -0.2) is 22.0 Å². The Balaban J connectivity index is 2.38. The van der Waals surface area contributed by atoms with Crippen LogP contribution in [0.5, 0.6) is 11.6 Å². The van der Waals surface area contributed by atoms with Gasteiger partial charge in [0, 0.05) is 18.7 Å². The third-order valence-electron chi connectivity index (χ3n) is 2.64. The summed E-state index contributed by atoms with van der Waals surface area (Å²) >= 11 is 0. The number of ether oxygens (including phenoxy) is 2. The predicted molar refractivity (Wildman–Crippen MR) is 75.1 cm³/mol. The van der Waals surface area contributed by atoms with Crippen molar-refractivity contribution in [2.24, 2.45) is 0 Å². The monoisotopic (exact) mass is 290 g/mol. The van der Waals surface area contributed by atoms with E-state index in [0.29, 0.717) is 11.4 Å². The average molecular weight is 290 g/mol. The molecular formula is C13H14N4O4. The van der Waals surface area contributed by atoms with E-state index in [1.807, 2.05) is 0 Å². The molecule has 1 heterocycles. The highest BCUT2D eigenvalue weighted by Gasteiger charge is 2.19. The summed E-state index contributed by atoms with van der Waals surface area (Å²) in [6, 6.07) is 6.19. The molecule has 0 aliphatic carbocycles. The average Bonchev–Trinajstić information content (AvgIpc) is 2.37. The molecule has 2 rings (SSSR count). The topological polar surface area (TPSA) is 113 Å². The lowest BCUT2D eigenvalue weighted by atomic mass is 10.2. The molecule has 110 valence electrons. The van der Waals surface area contributed by atoms with Gasteiger partial charge in [-0.2, -0.15) is 4.98 Å². The summed E-state index contributed by atoms with van der Waals surface area (Å²) in [4.78, 5) is 18.7. The van der Waals surface area contributed by atoms with Gasteiger partial charge in [0.25, 0.3) is 0 Å². The molecule has 0 spiro atoms. The number of nitrogen functional groups attached to an aromatic ring is 1. The van der Waals surface area contributed by atoms with Crippen LogP contribution >= 0.6 is 0 Å². The van der Waals surface area contributed by atoms with Crippen molar-refractivity contribution in [3.63, 3.8) is 0 Å². The third kappa shape index (κ3) is 3.42. The van der Waals surface area contributed by atoms with Crippen molar-refractivity contribution >= 4 is 11.5 Å². The van der Waals surface area contributed by atoms with Gasteiger partial charge in [-0.05, 0) is 13.0 Å². The zero-order valence-electron chi connectivity index (χ0n) is 11.6. The molecule has 0 fully saturated rings. The van der Waals surface area contributed by atoms with Crippen LogP contribution in [0.2, 0.25) is 0 Å². The number of benzene rings is 1. The van der Waals surface area contributed by atoms with Gasteiger partial charge in [-0.1, -0.05) is 12.1 Å². The van der Waals surface area contributed by atoms with E-state index in [-0.39, 0.29) is 29.7 Å². The minimum Gasteiger partial charge on any atom is -0.432 e. The molecular weight excluding hydrogens is 276 g/mol. The Bertz CT molecular complexity index is 675. The summed E-state index contributed by atoms with van der Waals surface area (Å²) in [7, 11) is 1.50. The smallest absolute Gasteiger partial charge is 0.314 e. The summed E-state index contributed by atoms with van der Waals surface area (Å²) in [5.74, 6) is 0.759. The first-order valence-electron chi connectivity index (χ1n) is 6.05. The minimum absolute atomic E-state index is 0.0986. The molecule has 0 saturated carbocycles. The van der Waals surface area contributed by atoms with Gasteiger partial charge in [-0.15, -0.1) is 0 Å². The zero-order valence-corrected chi connectivity index (χ0v) is 11.6. The Labute approximate surface area is 120 Å². The normalized spacial score (nSPS) is 10.4. The van der Waals surface area contributed by atoms with E-state index in [2.05, 4.69) is 9.97 Å². The SMILES string of the molecule is COCc1nc(N)cc(Oc2cccc(C)c2[N+](=O)[O-])n1. The van der Waals surface area contributed by atoms with Gasteiger partial charge in [-0.25, -0.2) is 4.98 Å². The summed E-state index contributed by atoms with van der Waals surface area (Å²) < 4.78 is 10.4. The molecule has 0 bridgehead atoms. The lowest BCUT2D eigenvalue weighted by molar-refractivity contribution is -0.386. The van der Waals surface area contributed by atoms with Crippen LogP contribution in [0.25, 0.3) is 0 Å². The van der Waals surface area contributed by atoms with Crippen molar-refractivity contribution in [1.29, 1.82) is 0 Å². The fourth-order valence-corrected chi connectivity index (χ4v) is 1.80. The zero-order chi connectivity index (χ0) is 15.4. The van der Waals surface area contributed by atoms with E-state index in [0.717, 1.165) is 0 Å². The Morgan fingerprint density at radius 1 is 1.38 bits per heavy atom. The number of aromatic nitrogens is 2. The van der Waals surface area contributed by atoms with Crippen molar-refractivity contribution < 1.29 is 14.4 Å². The third-order valence-corrected chi connectivity index (χ3v) is 2.64. The maximum absolute atomic E-state index is 11.1. The summed E-state index contributed by atoms with van der Waals surface area (Å²) in [6.07, 6.45) is 0. The highest BCUT2D eigenvalue weighted by molar-refractivity contribution is 5.53. The number of nitro groups is 1. The number of nitrogens with two attached hydrogens (primary N) is 1. The van der Waals surface area contributed by atoms with Gasteiger partial charge < -0.3 is 15.2 Å². The van der Waals surface area contributed by atoms with E-state index in [4.69, 9.17) is 15.2 Å². The number of anilines is 1. The summed E-state index contributed by atoms with van der Waals surface area (Å²) in [5, 5.41) is 11.1. The first kappa shape index (κ1) is 14.7. The van der Waals surface area contributed by atoms with Crippen LogP contribution in [0.4, 0.5) is 11.5 Å². The fraction of sp³-hybridized carbons (Fsp3) is 0.231. The molecule has 0 saturated heterocycles. The first-order valence-corrected chi connectivity index (χ1v) is 6.05. The lowest BCUT2D eigenvalue weighted by Gasteiger charge is -2.08. The van der Waals surface area contributed by atoms with Gasteiger partial charge in [-0.3, -0.25) is 10.1 Å². The number of aryl methyl sites for hydroxylation is 1. The molecule has 0 amide bonds. The number of nitrogens with zero attached hydrogens (tertiary/aromatic N) is 3. The number of hydrogen-bond donors (Lipinski definition) is 1. The number of rotatable bonds is 5. The Morgan fingerprint density at radius 2 is 2.14 bits per heavy atom. The van der Waals surface area contributed by atoms with Crippen LogP contribution < -0.4 is 10.5 Å². The van der Waals surface area contributed by atoms with Gasteiger partial charge >= 0.3 is 5.69 Å². The van der Waals surface area contributed by atoms with Crippen LogP contribution in [0, 0.1) is 17.0 Å². The van der Waals surface area contributed by atoms with Crippen molar-refractivity contribution in [3.8, 4) is 11.6 Å². The molecule has 0 aliphatic heterocycles. The number of methoxy groups -OCH3 is 1. The van der Waals surface area contributed by atoms with Gasteiger partial charge in [0.1, 0.15) is 12.4 Å². The quantitative estimate of drug-likeness (QED) is 0.663. The Hall–Kier alpha value is -2.74. The first-order chi connectivity index (χ1) is 10.0. The number of nitro benzene ring substituents is 1. The maximum Gasteiger partial charge on any atom is 0.314 e. The van der Waals surface area contributed by atoms with E-state index in [1.165, 1.54) is 19.2 Å².